The average Bonchev–Trinajstić information content (AvgIpc) is 2.34. The molecule has 0 atom stereocenters. The molecular weight excluding hydrogens is 254 g/mol. The van der Waals surface area contributed by atoms with Crippen LogP contribution >= 0.6 is 12.2 Å². The molecule has 0 spiro atoms. The molecule has 1 rings (SSSR count). The van der Waals surface area contributed by atoms with Crippen molar-refractivity contribution >= 4 is 23.5 Å². The Morgan fingerprint density at radius 1 is 1.44 bits per heavy atom. The lowest BCUT2D eigenvalue weighted by Crippen LogP contribution is -2.34. The number of aromatic hydroxyl groups is 2. The van der Waals surface area contributed by atoms with E-state index in [1.807, 2.05) is 0 Å². The number of thiocarbonyl (C=S) groups is 1. The van der Waals surface area contributed by atoms with Crippen LogP contribution in [0.15, 0.2) is 23.3 Å². The van der Waals surface area contributed by atoms with E-state index in [1.54, 1.807) is 13.2 Å². The summed E-state index contributed by atoms with van der Waals surface area (Å²) < 4.78 is 4.85. The highest BCUT2D eigenvalue weighted by molar-refractivity contribution is 7.80. The molecule has 0 radical (unpaired) electrons. The van der Waals surface area contributed by atoms with Gasteiger partial charge in [0.2, 0.25) is 0 Å². The second-order valence-corrected chi connectivity index (χ2v) is 3.78. The molecule has 0 aliphatic carbocycles. The molecular formula is C11H15N3O3S. The first-order valence-corrected chi connectivity index (χ1v) is 5.62. The number of rotatable bonds is 5. The van der Waals surface area contributed by atoms with Crippen LogP contribution < -0.4 is 10.7 Å². The van der Waals surface area contributed by atoms with Gasteiger partial charge in [-0.05, 0) is 36.0 Å². The van der Waals surface area contributed by atoms with Crippen molar-refractivity contribution in [1.82, 2.24) is 10.7 Å². The van der Waals surface area contributed by atoms with Crippen molar-refractivity contribution < 1.29 is 14.9 Å². The Balaban J connectivity index is 2.40. The van der Waals surface area contributed by atoms with Crippen molar-refractivity contribution in [2.24, 2.45) is 5.10 Å². The van der Waals surface area contributed by atoms with E-state index in [9.17, 15) is 5.11 Å². The molecule has 1 aromatic carbocycles. The summed E-state index contributed by atoms with van der Waals surface area (Å²) in [6, 6.07) is 4.38. The topological polar surface area (TPSA) is 86.1 Å². The number of benzene rings is 1. The highest BCUT2D eigenvalue weighted by Crippen LogP contribution is 2.23. The van der Waals surface area contributed by atoms with Gasteiger partial charge >= 0.3 is 0 Å². The maximum absolute atomic E-state index is 9.27. The minimum Gasteiger partial charge on any atom is -0.504 e. The molecule has 0 bridgehead atoms. The zero-order valence-electron chi connectivity index (χ0n) is 9.88. The zero-order chi connectivity index (χ0) is 13.4. The molecule has 0 aliphatic heterocycles. The average molecular weight is 269 g/mol. The number of nitrogens with zero attached hydrogens (tertiary/aromatic N) is 1. The summed E-state index contributed by atoms with van der Waals surface area (Å²) in [5.74, 6) is -0.364. The SMILES string of the molecule is COCCNC(=S)NN=Cc1ccc(O)c(O)c1. The third kappa shape index (κ3) is 4.98. The number of ether oxygens (including phenoxy) is 1. The summed E-state index contributed by atoms with van der Waals surface area (Å²) in [5.41, 5.74) is 3.25. The van der Waals surface area contributed by atoms with E-state index in [4.69, 9.17) is 22.1 Å². The molecule has 0 saturated carbocycles. The molecule has 0 fully saturated rings. The summed E-state index contributed by atoms with van der Waals surface area (Å²) in [4.78, 5) is 0. The van der Waals surface area contributed by atoms with Crippen LogP contribution in [-0.4, -0.2) is 41.8 Å². The second kappa shape index (κ2) is 7.46. The molecule has 0 heterocycles. The molecule has 18 heavy (non-hydrogen) atoms. The summed E-state index contributed by atoms with van der Waals surface area (Å²) in [5, 5.41) is 25.5. The summed E-state index contributed by atoms with van der Waals surface area (Å²) in [6.45, 7) is 1.15. The van der Waals surface area contributed by atoms with Gasteiger partial charge in [0.25, 0.3) is 0 Å². The normalized spacial score (nSPS) is 10.5. The highest BCUT2D eigenvalue weighted by atomic mass is 32.1. The Kier molecular flexibility index (Phi) is 5.89. The fourth-order valence-electron chi connectivity index (χ4n) is 1.09. The maximum atomic E-state index is 9.27. The second-order valence-electron chi connectivity index (χ2n) is 3.37. The fraction of sp³-hybridized carbons (Fsp3) is 0.273. The largest absolute Gasteiger partial charge is 0.504 e. The predicted molar refractivity (Wildman–Crippen MR) is 73.0 cm³/mol. The molecule has 0 aliphatic rings. The first-order valence-electron chi connectivity index (χ1n) is 5.21. The number of phenols is 2. The maximum Gasteiger partial charge on any atom is 0.187 e. The van der Waals surface area contributed by atoms with Gasteiger partial charge in [-0.15, -0.1) is 0 Å². The quantitative estimate of drug-likeness (QED) is 0.205. The minimum absolute atomic E-state index is 0.170. The zero-order valence-corrected chi connectivity index (χ0v) is 10.7. The summed E-state index contributed by atoms with van der Waals surface area (Å²) in [7, 11) is 1.60. The van der Waals surface area contributed by atoms with E-state index >= 15 is 0 Å². The smallest absolute Gasteiger partial charge is 0.187 e. The van der Waals surface area contributed by atoms with Gasteiger partial charge < -0.3 is 20.3 Å². The van der Waals surface area contributed by atoms with Crippen molar-refractivity contribution in [1.29, 1.82) is 0 Å². The van der Waals surface area contributed by atoms with Crippen molar-refractivity contribution in [3.8, 4) is 11.5 Å². The number of hydrazone groups is 1. The van der Waals surface area contributed by atoms with E-state index in [0.29, 0.717) is 23.8 Å². The first-order chi connectivity index (χ1) is 8.63. The number of methoxy groups -OCH3 is 1. The van der Waals surface area contributed by atoms with Crippen LogP contribution in [0.4, 0.5) is 0 Å². The third-order valence-corrected chi connectivity index (χ3v) is 2.21. The Labute approximate surface area is 110 Å². The Morgan fingerprint density at radius 2 is 2.22 bits per heavy atom. The highest BCUT2D eigenvalue weighted by Gasteiger charge is 1.98. The number of nitrogens with one attached hydrogen (secondary N) is 2. The van der Waals surface area contributed by atoms with E-state index in [1.165, 1.54) is 18.3 Å². The van der Waals surface area contributed by atoms with Crippen molar-refractivity contribution in [3.05, 3.63) is 23.8 Å². The van der Waals surface area contributed by atoms with Crippen LogP contribution in [0.3, 0.4) is 0 Å². The molecule has 0 unspecified atom stereocenters. The number of hydrogen-bond acceptors (Lipinski definition) is 5. The van der Waals surface area contributed by atoms with Gasteiger partial charge in [-0.2, -0.15) is 5.10 Å². The van der Waals surface area contributed by atoms with Gasteiger partial charge in [0.15, 0.2) is 16.6 Å². The van der Waals surface area contributed by atoms with E-state index in [2.05, 4.69) is 15.8 Å². The van der Waals surface area contributed by atoms with Crippen LogP contribution in [0.2, 0.25) is 0 Å². The van der Waals surface area contributed by atoms with Gasteiger partial charge in [-0.3, -0.25) is 5.43 Å². The number of phenolic OH excluding ortho intramolecular Hbond substituents is 2. The van der Waals surface area contributed by atoms with Crippen LogP contribution in [0, 0.1) is 0 Å². The monoisotopic (exact) mass is 269 g/mol. The lowest BCUT2D eigenvalue weighted by atomic mass is 10.2. The van der Waals surface area contributed by atoms with E-state index in [0.717, 1.165) is 0 Å². The molecule has 6 nitrogen and oxygen atoms in total. The molecule has 4 N–H and O–H groups in total. The van der Waals surface area contributed by atoms with E-state index < -0.39 is 0 Å². The fourth-order valence-corrected chi connectivity index (χ4v) is 1.25. The first kappa shape index (κ1) is 14.2. The third-order valence-electron chi connectivity index (χ3n) is 1.97. The Hall–Kier alpha value is -1.86. The predicted octanol–water partition coefficient (Wildman–Crippen LogP) is 0.542. The number of hydrogen-bond donors (Lipinski definition) is 4. The molecule has 0 aromatic heterocycles. The van der Waals surface area contributed by atoms with Crippen LogP contribution in [0.1, 0.15) is 5.56 Å². The van der Waals surface area contributed by atoms with Crippen molar-refractivity contribution in [3.63, 3.8) is 0 Å². The van der Waals surface area contributed by atoms with Gasteiger partial charge in [0, 0.05) is 13.7 Å². The van der Waals surface area contributed by atoms with Gasteiger partial charge in [0.1, 0.15) is 0 Å². The standard InChI is InChI=1S/C11H15N3O3S/c1-17-5-4-12-11(18)14-13-7-8-2-3-9(15)10(16)6-8/h2-3,6-7,15-16H,4-5H2,1H3,(H2,12,14,18). The minimum atomic E-state index is -0.195. The Morgan fingerprint density at radius 3 is 2.89 bits per heavy atom. The Bertz CT molecular complexity index is 438. The molecule has 1 aromatic rings. The molecule has 98 valence electrons. The van der Waals surface area contributed by atoms with Gasteiger partial charge in [-0.1, -0.05) is 0 Å². The lowest BCUT2D eigenvalue weighted by Gasteiger charge is -2.05. The van der Waals surface area contributed by atoms with Gasteiger partial charge in [0.05, 0.1) is 12.8 Å². The molecule has 7 heteroatoms. The van der Waals surface area contributed by atoms with Crippen LogP contribution in [0.5, 0.6) is 11.5 Å². The van der Waals surface area contributed by atoms with Crippen LogP contribution in [-0.2, 0) is 4.74 Å². The van der Waals surface area contributed by atoms with E-state index in [-0.39, 0.29) is 11.5 Å². The van der Waals surface area contributed by atoms with Crippen LogP contribution in [0.25, 0.3) is 0 Å². The van der Waals surface area contributed by atoms with Crippen molar-refractivity contribution in [2.75, 3.05) is 20.3 Å². The summed E-state index contributed by atoms with van der Waals surface area (Å²) >= 11 is 4.95. The summed E-state index contributed by atoms with van der Waals surface area (Å²) in [6.07, 6.45) is 1.48. The van der Waals surface area contributed by atoms with Crippen molar-refractivity contribution in [2.45, 2.75) is 0 Å². The molecule has 0 saturated heterocycles. The lowest BCUT2D eigenvalue weighted by molar-refractivity contribution is 0.204. The molecule has 0 amide bonds. The van der Waals surface area contributed by atoms with Gasteiger partial charge in [-0.25, -0.2) is 0 Å².